The fourth-order valence-electron chi connectivity index (χ4n) is 3.42. The molecule has 3 heterocycles. The van der Waals surface area contributed by atoms with Crippen LogP contribution in [0.25, 0.3) is 11.2 Å². The summed E-state index contributed by atoms with van der Waals surface area (Å²) >= 11 is 5.55. The van der Waals surface area contributed by atoms with E-state index in [1.165, 1.54) is 0 Å². The summed E-state index contributed by atoms with van der Waals surface area (Å²) in [6.07, 6.45) is 6.01. The van der Waals surface area contributed by atoms with Gasteiger partial charge in [-0.3, -0.25) is 4.57 Å². The number of H-pyrrole nitrogens is 1. The van der Waals surface area contributed by atoms with Gasteiger partial charge < -0.3 is 9.72 Å². The van der Waals surface area contributed by atoms with Crippen molar-refractivity contribution in [3.8, 4) is 0 Å². The first-order chi connectivity index (χ1) is 10.1. The molecule has 5 heteroatoms. The number of hydrogen-bond donors (Lipinski definition) is 1. The highest BCUT2D eigenvalue weighted by molar-refractivity contribution is 7.71. The molecular weight excluding hydrogens is 282 g/mol. The smallest absolute Gasteiger partial charge is 0.179 e. The van der Waals surface area contributed by atoms with E-state index >= 15 is 0 Å². The van der Waals surface area contributed by atoms with Gasteiger partial charge in [-0.25, -0.2) is 4.98 Å². The van der Waals surface area contributed by atoms with Crippen LogP contribution in [0.5, 0.6) is 0 Å². The van der Waals surface area contributed by atoms with E-state index in [1.807, 2.05) is 13.1 Å². The van der Waals surface area contributed by atoms with Crippen molar-refractivity contribution in [1.82, 2.24) is 14.5 Å². The van der Waals surface area contributed by atoms with Crippen LogP contribution in [0.15, 0.2) is 12.3 Å². The summed E-state index contributed by atoms with van der Waals surface area (Å²) in [6.45, 7) is 7.27. The van der Waals surface area contributed by atoms with E-state index in [-0.39, 0.29) is 5.60 Å². The quantitative estimate of drug-likeness (QED) is 0.859. The number of rotatable bonds is 3. The second kappa shape index (κ2) is 5.54. The van der Waals surface area contributed by atoms with E-state index < -0.39 is 0 Å². The number of aromatic nitrogens is 3. The monoisotopic (exact) mass is 305 g/mol. The van der Waals surface area contributed by atoms with Crippen molar-refractivity contribution >= 4 is 23.4 Å². The average molecular weight is 305 g/mol. The number of nitrogens with one attached hydrogen (secondary N) is 1. The Morgan fingerprint density at radius 2 is 2.24 bits per heavy atom. The Bertz CT molecular complexity index is 699. The normalized spacial score (nSPS) is 21.8. The Morgan fingerprint density at radius 3 is 2.95 bits per heavy atom. The highest BCUT2D eigenvalue weighted by atomic mass is 32.1. The lowest BCUT2D eigenvalue weighted by atomic mass is 9.86. The van der Waals surface area contributed by atoms with E-state index in [0.717, 1.165) is 53.8 Å². The fourth-order valence-corrected chi connectivity index (χ4v) is 3.77. The van der Waals surface area contributed by atoms with E-state index in [4.69, 9.17) is 17.0 Å². The SMILES string of the molecule is CCC1(CC)CC(n2c(=S)[nH]c3cc(C)cnc32)CCO1. The first-order valence-corrected chi connectivity index (χ1v) is 8.20. The molecule has 2 aromatic heterocycles. The zero-order valence-corrected chi connectivity index (χ0v) is 13.8. The molecule has 1 aliphatic rings. The van der Waals surface area contributed by atoms with E-state index in [0.29, 0.717) is 6.04 Å². The van der Waals surface area contributed by atoms with Gasteiger partial charge in [-0.15, -0.1) is 0 Å². The number of imidazole rings is 1. The zero-order chi connectivity index (χ0) is 15.0. The molecule has 4 nitrogen and oxygen atoms in total. The summed E-state index contributed by atoms with van der Waals surface area (Å²) in [5.41, 5.74) is 3.14. The number of ether oxygens (including phenoxy) is 1. The lowest BCUT2D eigenvalue weighted by molar-refractivity contribution is -0.0984. The maximum absolute atomic E-state index is 6.09. The summed E-state index contributed by atoms with van der Waals surface area (Å²) in [5, 5.41) is 0. The summed E-state index contributed by atoms with van der Waals surface area (Å²) in [7, 11) is 0. The van der Waals surface area contributed by atoms with E-state index in [1.54, 1.807) is 0 Å². The largest absolute Gasteiger partial charge is 0.375 e. The number of aromatic amines is 1. The van der Waals surface area contributed by atoms with Crippen LogP contribution in [0.3, 0.4) is 0 Å². The molecule has 0 bridgehead atoms. The van der Waals surface area contributed by atoms with E-state index in [2.05, 4.69) is 34.4 Å². The number of hydrogen-bond acceptors (Lipinski definition) is 3. The lowest BCUT2D eigenvalue weighted by Crippen LogP contribution is -2.39. The van der Waals surface area contributed by atoms with Crippen molar-refractivity contribution in [3.05, 3.63) is 22.6 Å². The highest BCUT2D eigenvalue weighted by Crippen LogP contribution is 2.38. The van der Waals surface area contributed by atoms with Crippen molar-refractivity contribution in [3.63, 3.8) is 0 Å². The van der Waals surface area contributed by atoms with Gasteiger partial charge in [0.2, 0.25) is 0 Å². The Balaban J connectivity index is 2.04. The molecule has 0 radical (unpaired) electrons. The van der Waals surface area contributed by atoms with Crippen LogP contribution in [-0.4, -0.2) is 26.7 Å². The van der Waals surface area contributed by atoms with Gasteiger partial charge in [-0.1, -0.05) is 13.8 Å². The molecule has 1 N–H and O–H groups in total. The van der Waals surface area contributed by atoms with Gasteiger partial charge in [0.25, 0.3) is 0 Å². The molecule has 1 unspecified atom stereocenters. The lowest BCUT2D eigenvalue weighted by Gasteiger charge is -2.40. The van der Waals surface area contributed by atoms with E-state index in [9.17, 15) is 0 Å². The standard InChI is InChI=1S/C16H23N3OS/c1-4-16(5-2)9-12(6-7-20-16)19-14-13(18-15(19)21)8-11(3)10-17-14/h8,10,12H,4-7,9H2,1-3H3,(H,18,21). The third kappa shape index (κ3) is 2.53. The average Bonchev–Trinajstić information content (AvgIpc) is 2.82. The van der Waals surface area contributed by atoms with Crippen molar-refractivity contribution in [1.29, 1.82) is 0 Å². The van der Waals surface area contributed by atoms with Crippen LogP contribution in [0, 0.1) is 11.7 Å². The summed E-state index contributed by atoms with van der Waals surface area (Å²) in [6, 6.07) is 2.48. The minimum Gasteiger partial charge on any atom is -0.375 e. The Kier molecular flexibility index (Phi) is 3.88. The molecule has 3 rings (SSSR count). The van der Waals surface area contributed by atoms with Crippen LogP contribution < -0.4 is 0 Å². The molecular formula is C16H23N3OS. The minimum atomic E-state index is -0.00796. The van der Waals surface area contributed by atoms with Gasteiger partial charge in [0.15, 0.2) is 10.4 Å². The van der Waals surface area contributed by atoms with Crippen molar-refractivity contribution in [2.45, 2.75) is 58.1 Å². The van der Waals surface area contributed by atoms with Crippen molar-refractivity contribution in [2.24, 2.45) is 0 Å². The first kappa shape index (κ1) is 14.7. The topological polar surface area (TPSA) is 42.8 Å². The molecule has 0 aromatic carbocycles. The second-order valence-corrected chi connectivity index (χ2v) is 6.46. The molecule has 2 aromatic rings. The Morgan fingerprint density at radius 1 is 1.48 bits per heavy atom. The second-order valence-electron chi connectivity index (χ2n) is 6.07. The maximum Gasteiger partial charge on any atom is 0.179 e. The molecule has 0 saturated carbocycles. The highest BCUT2D eigenvalue weighted by Gasteiger charge is 2.36. The molecule has 0 aliphatic carbocycles. The molecule has 21 heavy (non-hydrogen) atoms. The predicted octanol–water partition coefficient (Wildman–Crippen LogP) is 4.31. The van der Waals surface area contributed by atoms with Gasteiger partial charge in [0.1, 0.15) is 0 Å². The van der Waals surface area contributed by atoms with Crippen LogP contribution >= 0.6 is 12.2 Å². The third-order valence-corrected chi connectivity index (χ3v) is 5.11. The predicted molar refractivity (Wildman–Crippen MR) is 87.2 cm³/mol. The van der Waals surface area contributed by atoms with Crippen molar-refractivity contribution in [2.75, 3.05) is 6.61 Å². The number of aryl methyl sites for hydroxylation is 1. The van der Waals surface area contributed by atoms with Gasteiger partial charge in [-0.2, -0.15) is 0 Å². The zero-order valence-electron chi connectivity index (χ0n) is 13.0. The van der Waals surface area contributed by atoms with Gasteiger partial charge in [0, 0.05) is 18.8 Å². The summed E-state index contributed by atoms with van der Waals surface area (Å²) in [4.78, 5) is 7.90. The number of fused-ring (bicyclic) bond motifs is 1. The van der Waals surface area contributed by atoms with Gasteiger partial charge in [-0.05, 0) is 56.5 Å². The van der Waals surface area contributed by atoms with Crippen LogP contribution in [-0.2, 0) is 4.74 Å². The molecule has 1 fully saturated rings. The Labute approximate surface area is 130 Å². The van der Waals surface area contributed by atoms with Crippen LogP contribution in [0.2, 0.25) is 0 Å². The van der Waals surface area contributed by atoms with Gasteiger partial charge >= 0.3 is 0 Å². The third-order valence-electron chi connectivity index (χ3n) is 4.81. The van der Waals surface area contributed by atoms with Gasteiger partial charge in [0.05, 0.1) is 11.1 Å². The van der Waals surface area contributed by atoms with Crippen molar-refractivity contribution < 1.29 is 4.74 Å². The van der Waals surface area contributed by atoms with Crippen LogP contribution in [0.1, 0.15) is 51.1 Å². The summed E-state index contributed by atoms with van der Waals surface area (Å²) in [5.74, 6) is 0. The van der Waals surface area contributed by atoms with Crippen LogP contribution in [0.4, 0.5) is 0 Å². The number of nitrogens with zero attached hydrogens (tertiary/aromatic N) is 2. The maximum atomic E-state index is 6.09. The molecule has 0 amide bonds. The molecule has 1 saturated heterocycles. The summed E-state index contributed by atoms with van der Waals surface area (Å²) < 4.78 is 9.06. The fraction of sp³-hybridized carbons (Fsp3) is 0.625. The molecule has 1 atom stereocenters. The molecule has 1 aliphatic heterocycles. The first-order valence-electron chi connectivity index (χ1n) is 7.79. The molecule has 114 valence electrons. The number of pyridine rings is 1. The minimum absolute atomic E-state index is 0.00796. The Hall–Kier alpha value is -1.20. The molecule has 0 spiro atoms.